The van der Waals surface area contributed by atoms with E-state index in [9.17, 15) is 0 Å². The summed E-state index contributed by atoms with van der Waals surface area (Å²) in [7, 11) is 0. The van der Waals surface area contributed by atoms with E-state index in [1.807, 2.05) is 12.1 Å². The maximum atomic E-state index is 3.53. The van der Waals surface area contributed by atoms with Gasteiger partial charge >= 0.3 is 0 Å². The summed E-state index contributed by atoms with van der Waals surface area (Å²) in [6, 6.07) is 37.7. The summed E-state index contributed by atoms with van der Waals surface area (Å²) in [5.74, 6) is 0. The van der Waals surface area contributed by atoms with Crippen molar-refractivity contribution < 1.29 is 32.7 Å². The van der Waals surface area contributed by atoms with Crippen LogP contribution < -0.4 is 0 Å². The summed E-state index contributed by atoms with van der Waals surface area (Å²) in [5.41, 5.74) is 4.85. The smallest absolute Gasteiger partial charge is 0 e. The fraction of sp³-hybridized carbons (Fsp3) is 0.0667. The van der Waals surface area contributed by atoms with Crippen LogP contribution in [0.25, 0.3) is 54.2 Å². The normalized spacial score (nSPS) is 11.3. The second-order valence-corrected chi connectivity index (χ2v) is 8.18. The molecular weight excluding hydrogens is 449 g/mol. The molecule has 0 bridgehead atoms. The van der Waals surface area contributed by atoms with Crippen molar-refractivity contribution in [3.8, 4) is 11.1 Å². The molecule has 0 spiro atoms. The van der Waals surface area contributed by atoms with Crippen LogP contribution in [0.2, 0.25) is 0 Å². The molecule has 0 fully saturated rings. The third-order valence-corrected chi connectivity index (χ3v) is 6.31. The molecule has 145 valence electrons. The Kier molecular flexibility index (Phi) is 5.17. The third-order valence-electron chi connectivity index (χ3n) is 6.31. The van der Waals surface area contributed by atoms with Gasteiger partial charge in [-0.3, -0.25) is 0 Å². The second-order valence-electron chi connectivity index (χ2n) is 8.18. The summed E-state index contributed by atoms with van der Waals surface area (Å²) >= 11 is 0. The standard InChI is InChI=1S/C30H20.Y/c1-19-7-3-9-21-17-29-23(15-27(19)21)11-5-13-25(29)26-14-6-12-24-16-28-20(2)8-4-10-22(28)18-30(24)26;/h3-12,15-18H,1-2H3;/q-2;. The number of hydrogen-bond acceptors (Lipinski definition) is 0. The Morgan fingerprint density at radius 3 is 1.32 bits per heavy atom. The molecule has 6 aromatic carbocycles. The average molecular weight is 469 g/mol. The molecule has 0 N–H and O–H groups in total. The van der Waals surface area contributed by atoms with Gasteiger partial charge in [0.1, 0.15) is 0 Å². The first-order valence-corrected chi connectivity index (χ1v) is 10.4. The fourth-order valence-corrected chi connectivity index (χ4v) is 4.70. The summed E-state index contributed by atoms with van der Waals surface area (Å²) in [5, 5.41) is 10.1. The minimum Gasteiger partial charge on any atom is -0.218 e. The molecule has 0 aliphatic rings. The van der Waals surface area contributed by atoms with Crippen LogP contribution in [0.15, 0.2) is 84.9 Å². The molecule has 0 aliphatic heterocycles. The van der Waals surface area contributed by atoms with E-state index >= 15 is 0 Å². The van der Waals surface area contributed by atoms with Crippen molar-refractivity contribution in [3.05, 3.63) is 108 Å². The van der Waals surface area contributed by atoms with Crippen molar-refractivity contribution in [2.45, 2.75) is 13.8 Å². The van der Waals surface area contributed by atoms with Gasteiger partial charge in [0.2, 0.25) is 0 Å². The van der Waals surface area contributed by atoms with E-state index in [2.05, 4.69) is 98.8 Å². The maximum absolute atomic E-state index is 3.53. The Bertz CT molecular complexity index is 1490. The third kappa shape index (κ3) is 3.30. The molecule has 1 heteroatoms. The van der Waals surface area contributed by atoms with Crippen LogP contribution in [0.4, 0.5) is 0 Å². The number of aryl methyl sites for hydroxylation is 2. The molecule has 6 aromatic rings. The Labute approximate surface area is 207 Å². The summed E-state index contributed by atoms with van der Waals surface area (Å²) in [6.07, 6.45) is 0. The first-order chi connectivity index (χ1) is 14.7. The van der Waals surface area contributed by atoms with Gasteiger partial charge in [0, 0.05) is 32.7 Å². The van der Waals surface area contributed by atoms with Gasteiger partial charge in [0.05, 0.1) is 0 Å². The van der Waals surface area contributed by atoms with E-state index in [-0.39, 0.29) is 32.7 Å². The second kappa shape index (κ2) is 7.86. The Morgan fingerprint density at radius 2 is 0.871 bits per heavy atom. The van der Waals surface area contributed by atoms with Crippen LogP contribution in [0.1, 0.15) is 11.1 Å². The van der Waals surface area contributed by atoms with E-state index in [4.69, 9.17) is 0 Å². The molecule has 0 aromatic heterocycles. The van der Waals surface area contributed by atoms with Crippen LogP contribution in [0, 0.1) is 26.0 Å². The van der Waals surface area contributed by atoms with Gasteiger partial charge in [-0.15, -0.1) is 33.7 Å². The minimum atomic E-state index is 0. The van der Waals surface area contributed by atoms with E-state index in [1.165, 1.54) is 54.2 Å². The van der Waals surface area contributed by atoms with Crippen molar-refractivity contribution in [1.29, 1.82) is 0 Å². The zero-order valence-electron chi connectivity index (χ0n) is 17.7. The molecule has 0 unspecified atom stereocenters. The van der Waals surface area contributed by atoms with Gasteiger partial charge in [-0.1, -0.05) is 60.7 Å². The van der Waals surface area contributed by atoms with Crippen LogP contribution in [-0.4, -0.2) is 0 Å². The van der Waals surface area contributed by atoms with Crippen LogP contribution in [0.3, 0.4) is 0 Å². The summed E-state index contributed by atoms with van der Waals surface area (Å²) in [6.45, 7) is 4.35. The number of hydrogen-bond donors (Lipinski definition) is 0. The van der Waals surface area contributed by atoms with Crippen LogP contribution in [-0.2, 0) is 32.7 Å². The Morgan fingerprint density at radius 1 is 0.484 bits per heavy atom. The van der Waals surface area contributed by atoms with E-state index in [0.29, 0.717) is 0 Å². The quantitative estimate of drug-likeness (QED) is 0.168. The Hall–Kier alpha value is -2.54. The minimum absolute atomic E-state index is 0. The fourth-order valence-electron chi connectivity index (χ4n) is 4.70. The zero-order valence-corrected chi connectivity index (χ0v) is 20.5. The Balaban J connectivity index is 0.00000204. The average Bonchev–Trinajstić information content (AvgIpc) is 2.77. The van der Waals surface area contributed by atoms with Crippen LogP contribution >= 0.6 is 0 Å². The first kappa shape index (κ1) is 20.4. The molecule has 31 heavy (non-hydrogen) atoms. The summed E-state index contributed by atoms with van der Waals surface area (Å²) < 4.78 is 0. The number of rotatable bonds is 1. The van der Waals surface area contributed by atoms with Gasteiger partial charge in [-0.05, 0) is 46.5 Å². The molecule has 1 radical (unpaired) electrons. The predicted octanol–water partition coefficient (Wildman–Crippen LogP) is 8.18. The SMILES string of the molecule is Cc1cccc2cc3c(-c4[c-]ccc5cc6c(C)cccc6cc45)[c-]ccc3cc12.[Y]. The molecule has 6 rings (SSSR count). The molecule has 0 aliphatic carbocycles. The van der Waals surface area contributed by atoms with E-state index < -0.39 is 0 Å². The van der Waals surface area contributed by atoms with Gasteiger partial charge in [0.15, 0.2) is 0 Å². The largest absolute Gasteiger partial charge is 0.218 e. The topological polar surface area (TPSA) is 0 Å². The van der Waals surface area contributed by atoms with E-state index in [0.717, 1.165) is 11.1 Å². The molecule has 0 saturated carbocycles. The molecular formula is C30H20Y-2. The molecule has 0 amide bonds. The van der Waals surface area contributed by atoms with Crippen molar-refractivity contribution >= 4 is 43.1 Å². The maximum Gasteiger partial charge on any atom is 0 e. The first-order valence-electron chi connectivity index (χ1n) is 10.4. The molecule has 0 atom stereocenters. The zero-order chi connectivity index (χ0) is 20.2. The monoisotopic (exact) mass is 469 g/mol. The number of benzene rings is 6. The van der Waals surface area contributed by atoms with Crippen molar-refractivity contribution in [3.63, 3.8) is 0 Å². The predicted molar refractivity (Wildman–Crippen MR) is 129 cm³/mol. The molecule has 0 heterocycles. The van der Waals surface area contributed by atoms with Gasteiger partial charge in [0.25, 0.3) is 0 Å². The van der Waals surface area contributed by atoms with Crippen molar-refractivity contribution in [1.82, 2.24) is 0 Å². The molecule has 0 nitrogen and oxygen atoms in total. The van der Waals surface area contributed by atoms with Crippen molar-refractivity contribution in [2.75, 3.05) is 0 Å². The van der Waals surface area contributed by atoms with Crippen molar-refractivity contribution in [2.24, 2.45) is 0 Å². The van der Waals surface area contributed by atoms with Gasteiger partial charge < -0.3 is 0 Å². The van der Waals surface area contributed by atoms with Gasteiger partial charge in [-0.2, -0.15) is 24.3 Å². The molecule has 0 saturated heterocycles. The van der Waals surface area contributed by atoms with Crippen LogP contribution in [0.5, 0.6) is 0 Å². The van der Waals surface area contributed by atoms with Gasteiger partial charge in [-0.25, -0.2) is 11.1 Å². The summed E-state index contributed by atoms with van der Waals surface area (Å²) in [4.78, 5) is 0. The number of fused-ring (bicyclic) bond motifs is 4. The van der Waals surface area contributed by atoms with E-state index in [1.54, 1.807) is 0 Å².